The lowest BCUT2D eigenvalue weighted by atomic mass is 9.90. The second-order valence-corrected chi connectivity index (χ2v) is 13.1. The van der Waals surface area contributed by atoms with E-state index in [2.05, 4.69) is 34.3 Å². The molecule has 2 nitrogen and oxygen atoms in total. The van der Waals surface area contributed by atoms with Gasteiger partial charge in [-0.05, 0) is 37.5 Å². The Labute approximate surface area is 240 Å². The fourth-order valence-corrected chi connectivity index (χ4v) is 5.50. The molecule has 38 heavy (non-hydrogen) atoms. The number of unbranched alkanes of at least 4 members (excludes halogenated alkanes) is 17. The van der Waals surface area contributed by atoms with E-state index in [9.17, 15) is 4.79 Å². The molecule has 0 amide bonds. The topological polar surface area (TPSA) is 26.3 Å². The predicted molar refractivity (Wildman–Crippen MR) is 170 cm³/mol. The molecule has 0 N–H and O–H groups in total. The summed E-state index contributed by atoms with van der Waals surface area (Å²) < 4.78 is 5.58. The first-order chi connectivity index (χ1) is 18.4. The van der Waals surface area contributed by atoms with E-state index < -0.39 is 0 Å². The van der Waals surface area contributed by atoms with Crippen LogP contribution in [0.1, 0.15) is 189 Å². The summed E-state index contributed by atoms with van der Waals surface area (Å²) in [5.74, 6) is 1.93. The number of ether oxygens (including phenoxy) is 1. The molecule has 226 valence electrons. The molecule has 0 aromatic heterocycles. The molecule has 0 radical (unpaired) electrons. The molecule has 0 rings (SSSR count). The summed E-state index contributed by atoms with van der Waals surface area (Å²) in [5.41, 5.74) is 0.516. The Morgan fingerprint density at radius 1 is 0.579 bits per heavy atom. The Hall–Kier alpha value is -0.790. The maximum atomic E-state index is 12.0. The summed E-state index contributed by atoms with van der Waals surface area (Å²) in [4.78, 5) is 12.0. The average Bonchev–Trinajstić information content (AvgIpc) is 2.88. The van der Waals surface area contributed by atoms with Crippen molar-refractivity contribution in [1.29, 1.82) is 0 Å². The highest BCUT2D eigenvalue weighted by Gasteiger charge is 2.14. The van der Waals surface area contributed by atoms with Gasteiger partial charge in [-0.2, -0.15) is 0 Å². The van der Waals surface area contributed by atoms with Gasteiger partial charge in [0.1, 0.15) is 0 Å². The molecule has 0 aromatic rings. The van der Waals surface area contributed by atoms with Crippen LogP contribution >= 0.6 is 0 Å². The second-order valence-electron chi connectivity index (χ2n) is 13.1. The number of hydrogen-bond donors (Lipinski definition) is 0. The van der Waals surface area contributed by atoms with Gasteiger partial charge in [0.05, 0.1) is 6.61 Å². The van der Waals surface area contributed by atoms with Gasteiger partial charge in [-0.15, -0.1) is 0 Å². The molecule has 0 aliphatic heterocycles. The van der Waals surface area contributed by atoms with Gasteiger partial charge in [0, 0.05) is 5.57 Å². The normalized spacial score (nSPS) is 13.1. The lowest BCUT2D eigenvalue weighted by Crippen LogP contribution is -2.16. The number of carbonyl (C=O) groups is 1. The molecule has 2 heteroatoms. The molecule has 2 unspecified atom stereocenters. The first kappa shape index (κ1) is 37.2. The Kier molecular flexibility index (Phi) is 27.2. The van der Waals surface area contributed by atoms with Crippen LogP contribution in [0.3, 0.4) is 0 Å². The Balaban J connectivity index is 3.97. The van der Waals surface area contributed by atoms with E-state index in [1.54, 1.807) is 6.92 Å². The van der Waals surface area contributed by atoms with Crippen LogP contribution in [0, 0.1) is 17.8 Å². The summed E-state index contributed by atoms with van der Waals surface area (Å²) in [6, 6.07) is 0. The molecular formula is C36H70O2. The number of esters is 1. The van der Waals surface area contributed by atoms with Crippen molar-refractivity contribution in [3.8, 4) is 0 Å². The third-order valence-electron chi connectivity index (χ3n) is 8.31. The van der Waals surface area contributed by atoms with Crippen LogP contribution in [0.15, 0.2) is 12.2 Å². The van der Waals surface area contributed by atoms with Crippen molar-refractivity contribution in [2.45, 2.75) is 189 Å². The van der Waals surface area contributed by atoms with E-state index in [0.717, 1.165) is 11.8 Å². The highest BCUT2D eigenvalue weighted by Crippen LogP contribution is 2.24. The van der Waals surface area contributed by atoms with Crippen LogP contribution in [-0.4, -0.2) is 12.6 Å². The number of hydrogen-bond acceptors (Lipinski definition) is 2. The quantitative estimate of drug-likeness (QED) is 0.0541. The maximum absolute atomic E-state index is 12.0. The molecule has 0 aromatic carbocycles. The van der Waals surface area contributed by atoms with E-state index in [1.807, 2.05) is 0 Å². The van der Waals surface area contributed by atoms with E-state index in [-0.39, 0.29) is 5.97 Å². The number of carbonyl (C=O) groups excluding carboxylic acids is 1. The van der Waals surface area contributed by atoms with Crippen molar-refractivity contribution in [2.75, 3.05) is 6.61 Å². The highest BCUT2D eigenvalue weighted by atomic mass is 16.5. The standard InChI is InChI=1S/C36H70O2/c1-7-8-9-10-11-12-15-18-21-24-27-34(6)29-30-35(31-38-36(37)33(4)5)28-25-22-19-16-13-14-17-20-23-26-32(2)3/h32,34-35H,4,7-31H2,1-3,5-6H3. The fraction of sp³-hybridized carbons (Fsp3) is 0.917. The van der Waals surface area contributed by atoms with Crippen molar-refractivity contribution in [3.63, 3.8) is 0 Å². The summed E-state index contributed by atoms with van der Waals surface area (Å²) in [5, 5.41) is 0. The summed E-state index contributed by atoms with van der Waals surface area (Å²) >= 11 is 0. The van der Waals surface area contributed by atoms with Crippen molar-refractivity contribution in [1.82, 2.24) is 0 Å². The van der Waals surface area contributed by atoms with Crippen molar-refractivity contribution >= 4 is 5.97 Å². The second kappa shape index (κ2) is 27.8. The molecule has 0 bridgehead atoms. The molecule has 0 fully saturated rings. The first-order valence-electron chi connectivity index (χ1n) is 17.2. The van der Waals surface area contributed by atoms with Gasteiger partial charge in [-0.1, -0.05) is 176 Å². The van der Waals surface area contributed by atoms with Gasteiger partial charge in [-0.3, -0.25) is 0 Å². The first-order valence-corrected chi connectivity index (χ1v) is 17.2. The largest absolute Gasteiger partial charge is 0.462 e. The van der Waals surface area contributed by atoms with Gasteiger partial charge in [0.15, 0.2) is 0 Å². The fourth-order valence-electron chi connectivity index (χ4n) is 5.50. The van der Waals surface area contributed by atoms with E-state index >= 15 is 0 Å². The lowest BCUT2D eigenvalue weighted by molar-refractivity contribution is -0.140. The third kappa shape index (κ3) is 26.8. The average molecular weight is 535 g/mol. The molecule has 0 saturated carbocycles. The van der Waals surface area contributed by atoms with Crippen LogP contribution in [0.5, 0.6) is 0 Å². The van der Waals surface area contributed by atoms with Crippen LogP contribution in [0.25, 0.3) is 0 Å². The van der Waals surface area contributed by atoms with Gasteiger partial charge < -0.3 is 4.74 Å². The smallest absolute Gasteiger partial charge is 0.333 e. The van der Waals surface area contributed by atoms with E-state index in [4.69, 9.17) is 4.74 Å². The van der Waals surface area contributed by atoms with E-state index in [1.165, 1.54) is 154 Å². The van der Waals surface area contributed by atoms with Gasteiger partial charge in [-0.25, -0.2) is 4.79 Å². The van der Waals surface area contributed by atoms with Crippen molar-refractivity contribution in [3.05, 3.63) is 12.2 Å². The molecule has 0 saturated heterocycles. The SMILES string of the molecule is C=C(C)C(=O)OCC(CCCCCCCCCCCC(C)C)CCC(C)CCCCCCCCCCCC. The molecule has 0 spiro atoms. The zero-order valence-corrected chi connectivity index (χ0v) is 26.9. The van der Waals surface area contributed by atoms with Crippen LogP contribution in [0.4, 0.5) is 0 Å². The molecule has 0 heterocycles. The van der Waals surface area contributed by atoms with Gasteiger partial charge >= 0.3 is 5.97 Å². The highest BCUT2D eigenvalue weighted by molar-refractivity contribution is 5.86. The zero-order chi connectivity index (χ0) is 28.3. The van der Waals surface area contributed by atoms with Crippen molar-refractivity contribution < 1.29 is 9.53 Å². The number of rotatable bonds is 29. The zero-order valence-electron chi connectivity index (χ0n) is 26.9. The predicted octanol–water partition coefficient (Wildman–Crippen LogP) is 12.4. The van der Waals surface area contributed by atoms with Crippen LogP contribution < -0.4 is 0 Å². The Morgan fingerprint density at radius 2 is 1.00 bits per heavy atom. The maximum Gasteiger partial charge on any atom is 0.333 e. The van der Waals surface area contributed by atoms with Gasteiger partial charge in [0.2, 0.25) is 0 Å². The molecular weight excluding hydrogens is 464 g/mol. The summed E-state index contributed by atoms with van der Waals surface area (Å²) in [6.45, 7) is 15.4. The minimum atomic E-state index is -0.221. The molecule has 0 aliphatic rings. The van der Waals surface area contributed by atoms with Gasteiger partial charge in [0.25, 0.3) is 0 Å². The molecule has 2 atom stereocenters. The minimum Gasteiger partial charge on any atom is -0.462 e. The Morgan fingerprint density at radius 3 is 1.45 bits per heavy atom. The summed E-state index contributed by atoms with van der Waals surface area (Å²) in [7, 11) is 0. The summed E-state index contributed by atoms with van der Waals surface area (Å²) in [6.07, 6.45) is 32.9. The monoisotopic (exact) mass is 535 g/mol. The molecule has 0 aliphatic carbocycles. The minimum absolute atomic E-state index is 0.221. The van der Waals surface area contributed by atoms with Crippen molar-refractivity contribution in [2.24, 2.45) is 17.8 Å². The van der Waals surface area contributed by atoms with Crippen LogP contribution in [-0.2, 0) is 9.53 Å². The lowest BCUT2D eigenvalue weighted by Gasteiger charge is -2.19. The third-order valence-corrected chi connectivity index (χ3v) is 8.31. The Bertz CT molecular complexity index is 523. The van der Waals surface area contributed by atoms with Crippen LogP contribution in [0.2, 0.25) is 0 Å². The van der Waals surface area contributed by atoms with E-state index in [0.29, 0.717) is 18.1 Å².